The largest absolute Gasteiger partial charge is 0.491 e. The maximum atomic E-state index is 13.6. The number of hydrogen-bond donors (Lipinski definition) is 4. The fourth-order valence-corrected chi connectivity index (χ4v) is 4.62. The second-order valence-corrected chi connectivity index (χ2v) is 9.70. The van der Waals surface area contributed by atoms with Crippen molar-refractivity contribution in [2.75, 3.05) is 17.2 Å². The van der Waals surface area contributed by atoms with Crippen LogP contribution < -0.4 is 15.4 Å². The van der Waals surface area contributed by atoms with Crippen LogP contribution in [0.15, 0.2) is 40.0 Å². The zero-order chi connectivity index (χ0) is 24.7. The number of rotatable bonds is 11. The van der Waals surface area contributed by atoms with Gasteiger partial charge in [0.2, 0.25) is 11.8 Å². The van der Waals surface area contributed by atoms with Crippen molar-refractivity contribution in [3.05, 3.63) is 42.1 Å². The number of anilines is 2. The highest BCUT2D eigenvalue weighted by Gasteiger charge is 2.19. The van der Waals surface area contributed by atoms with E-state index in [1.165, 1.54) is 23.9 Å². The van der Waals surface area contributed by atoms with Gasteiger partial charge >= 0.3 is 5.97 Å². The summed E-state index contributed by atoms with van der Waals surface area (Å²) >= 11 is 2.26. The predicted molar refractivity (Wildman–Crippen MR) is 125 cm³/mol. The second-order valence-electron chi connectivity index (χ2n) is 7.44. The van der Waals surface area contributed by atoms with Crippen molar-refractivity contribution in [2.24, 2.45) is 5.92 Å². The molecular formula is C21H22FN5O5S2. The van der Waals surface area contributed by atoms with Gasteiger partial charge in [0.1, 0.15) is 18.0 Å². The lowest BCUT2D eigenvalue weighted by Crippen LogP contribution is -2.22. The number of carboxylic acid groups (broad SMARTS) is 1. The highest BCUT2D eigenvalue weighted by Crippen LogP contribution is 2.36. The molecule has 0 aliphatic heterocycles. The molecule has 13 heteroatoms. The number of amides is 2. The summed E-state index contributed by atoms with van der Waals surface area (Å²) in [6.45, 7) is 4.19. The van der Waals surface area contributed by atoms with Crippen LogP contribution in [0.3, 0.4) is 0 Å². The number of aromatic nitrogens is 3. The SMILES string of the molecule is CC(C)COc1cc(F)ccc1NC(=O)CC(=O)Nc1nc(CC(=O)O)c(Sc2ncc[nH]2)s1. The standard InChI is InChI=1S/C21H22FN5O5S2/c1-11(2)10-32-15-7-12(22)3-4-13(15)25-16(28)9-17(29)27-21-26-14(8-18(30)31)19(34-21)33-20-23-5-6-24-20/h3-7,11H,8-10H2,1-2H3,(H,23,24)(H,25,28)(H,30,31)(H,26,27,29). The second kappa shape index (κ2) is 11.6. The van der Waals surface area contributed by atoms with Crippen LogP contribution in [0.2, 0.25) is 0 Å². The number of carbonyl (C=O) groups is 3. The van der Waals surface area contributed by atoms with Crippen molar-refractivity contribution in [1.29, 1.82) is 0 Å². The molecule has 10 nitrogen and oxygen atoms in total. The quantitative estimate of drug-likeness (QED) is 0.287. The first kappa shape index (κ1) is 25.2. The number of thiazole rings is 1. The first-order valence-electron chi connectivity index (χ1n) is 10.1. The Bertz CT molecular complexity index is 1170. The maximum absolute atomic E-state index is 13.6. The van der Waals surface area contributed by atoms with Crippen LogP contribution in [0, 0.1) is 11.7 Å². The molecule has 0 saturated carbocycles. The molecule has 0 aliphatic carbocycles. The zero-order valence-electron chi connectivity index (χ0n) is 18.3. The van der Waals surface area contributed by atoms with Crippen LogP contribution in [0.1, 0.15) is 26.0 Å². The maximum Gasteiger partial charge on any atom is 0.309 e. The minimum Gasteiger partial charge on any atom is -0.491 e. The fourth-order valence-electron chi connectivity index (χ4n) is 2.60. The summed E-state index contributed by atoms with van der Waals surface area (Å²) in [5.74, 6) is -2.50. The molecule has 0 fully saturated rings. The van der Waals surface area contributed by atoms with Gasteiger partial charge < -0.3 is 25.5 Å². The first-order valence-corrected chi connectivity index (χ1v) is 11.7. The Morgan fingerprint density at radius 2 is 2.03 bits per heavy atom. The number of nitrogens with zero attached hydrogens (tertiary/aromatic N) is 2. The Hall–Kier alpha value is -3.45. The Morgan fingerprint density at radius 3 is 2.71 bits per heavy atom. The van der Waals surface area contributed by atoms with E-state index in [-0.39, 0.29) is 34.6 Å². The molecule has 2 amide bonds. The Labute approximate surface area is 202 Å². The summed E-state index contributed by atoms with van der Waals surface area (Å²) in [7, 11) is 0. The van der Waals surface area contributed by atoms with Gasteiger partial charge in [-0.1, -0.05) is 25.2 Å². The Morgan fingerprint density at radius 1 is 1.26 bits per heavy atom. The van der Waals surface area contributed by atoms with Crippen molar-refractivity contribution in [3.63, 3.8) is 0 Å². The molecule has 3 rings (SSSR count). The van der Waals surface area contributed by atoms with E-state index in [0.29, 0.717) is 16.0 Å². The van der Waals surface area contributed by atoms with E-state index in [0.717, 1.165) is 17.4 Å². The first-order chi connectivity index (χ1) is 16.2. The van der Waals surface area contributed by atoms with Gasteiger partial charge in [-0.3, -0.25) is 14.4 Å². The van der Waals surface area contributed by atoms with E-state index in [1.54, 1.807) is 12.4 Å². The number of halogens is 1. The lowest BCUT2D eigenvalue weighted by Gasteiger charge is -2.14. The number of carboxylic acids is 1. The highest BCUT2D eigenvalue weighted by molar-refractivity contribution is 8.01. The van der Waals surface area contributed by atoms with Gasteiger partial charge in [-0.2, -0.15) is 0 Å². The molecule has 0 aliphatic rings. The summed E-state index contributed by atoms with van der Waals surface area (Å²) < 4.78 is 19.7. The van der Waals surface area contributed by atoms with Crippen LogP contribution in [-0.2, 0) is 20.8 Å². The third-order valence-corrected chi connectivity index (χ3v) is 6.15. The van der Waals surface area contributed by atoms with Gasteiger partial charge in [-0.05, 0) is 29.8 Å². The molecule has 0 unspecified atom stereocenters. The minimum atomic E-state index is -1.07. The van der Waals surface area contributed by atoms with Crippen LogP contribution >= 0.6 is 23.1 Å². The van der Waals surface area contributed by atoms with E-state index in [4.69, 9.17) is 9.84 Å². The Balaban J connectivity index is 1.63. The molecule has 0 bridgehead atoms. The van der Waals surface area contributed by atoms with Gasteiger partial charge in [-0.15, -0.1) is 0 Å². The van der Waals surface area contributed by atoms with E-state index in [2.05, 4.69) is 25.6 Å². The molecule has 34 heavy (non-hydrogen) atoms. The normalized spacial score (nSPS) is 10.8. The molecule has 1 aromatic carbocycles. The number of ether oxygens (including phenoxy) is 1. The topological polar surface area (TPSA) is 146 Å². The summed E-state index contributed by atoms with van der Waals surface area (Å²) in [6.07, 6.45) is 2.32. The van der Waals surface area contributed by atoms with E-state index >= 15 is 0 Å². The monoisotopic (exact) mass is 507 g/mol. The molecule has 180 valence electrons. The van der Waals surface area contributed by atoms with Gasteiger partial charge in [-0.25, -0.2) is 14.4 Å². The molecule has 0 atom stereocenters. The van der Waals surface area contributed by atoms with Crippen LogP contribution in [0.4, 0.5) is 15.2 Å². The number of aromatic amines is 1. The summed E-state index contributed by atoms with van der Waals surface area (Å²) in [4.78, 5) is 47.1. The molecule has 3 aromatic rings. The fraction of sp³-hybridized carbons (Fsp3) is 0.286. The highest BCUT2D eigenvalue weighted by atomic mass is 32.2. The average Bonchev–Trinajstić information content (AvgIpc) is 3.38. The third-order valence-electron chi connectivity index (χ3n) is 4.00. The van der Waals surface area contributed by atoms with Crippen molar-refractivity contribution in [3.8, 4) is 5.75 Å². The van der Waals surface area contributed by atoms with Crippen LogP contribution in [0.5, 0.6) is 5.75 Å². The van der Waals surface area contributed by atoms with Gasteiger partial charge in [0.25, 0.3) is 0 Å². The van der Waals surface area contributed by atoms with E-state index < -0.39 is 30.0 Å². The molecule has 0 saturated heterocycles. The van der Waals surface area contributed by atoms with Crippen molar-refractivity contribution in [2.45, 2.75) is 36.1 Å². The van der Waals surface area contributed by atoms with E-state index in [1.807, 2.05) is 13.8 Å². The molecular weight excluding hydrogens is 485 g/mol. The Kier molecular flexibility index (Phi) is 8.60. The van der Waals surface area contributed by atoms with Crippen LogP contribution in [0.25, 0.3) is 0 Å². The van der Waals surface area contributed by atoms with Crippen molar-refractivity contribution in [1.82, 2.24) is 15.0 Å². The number of H-pyrrole nitrogens is 1. The molecule has 0 radical (unpaired) electrons. The number of aliphatic carboxylic acids is 1. The summed E-state index contributed by atoms with van der Waals surface area (Å²) in [5.41, 5.74) is 0.520. The van der Waals surface area contributed by atoms with Gasteiger partial charge in [0.05, 0.1) is 28.6 Å². The number of carbonyl (C=O) groups excluding carboxylic acids is 2. The number of hydrogen-bond acceptors (Lipinski definition) is 8. The molecule has 2 aromatic heterocycles. The van der Waals surface area contributed by atoms with Gasteiger partial charge in [0, 0.05) is 18.5 Å². The summed E-state index contributed by atoms with van der Waals surface area (Å²) in [5, 5.41) is 14.9. The average molecular weight is 508 g/mol. The minimum absolute atomic E-state index is 0.158. The van der Waals surface area contributed by atoms with Crippen LogP contribution in [-0.4, -0.2) is 44.4 Å². The molecule has 4 N–H and O–H groups in total. The lowest BCUT2D eigenvalue weighted by molar-refractivity contribution is -0.136. The number of nitrogens with one attached hydrogen (secondary N) is 3. The van der Waals surface area contributed by atoms with Gasteiger partial charge in [0.15, 0.2) is 10.3 Å². The summed E-state index contributed by atoms with van der Waals surface area (Å²) in [6, 6.07) is 3.70. The molecule has 2 heterocycles. The predicted octanol–water partition coefficient (Wildman–Crippen LogP) is 3.79. The lowest BCUT2D eigenvalue weighted by atomic mass is 10.2. The van der Waals surface area contributed by atoms with Crippen molar-refractivity contribution < 1.29 is 28.6 Å². The molecule has 0 spiro atoms. The number of imidazole rings is 1. The van der Waals surface area contributed by atoms with E-state index in [9.17, 15) is 18.8 Å². The zero-order valence-corrected chi connectivity index (χ0v) is 19.9. The third kappa shape index (κ3) is 7.56. The smallest absolute Gasteiger partial charge is 0.309 e. The van der Waals surface area contributed by atoms with Crippen molar-refractivity contribution >= 4 is 51.7 Å². The number of benzene rings is 1.